The largest absolute Gasteiger partial charge is 0.295 e. The summed E-state index contributed by atoms with van der Waals surface area (Å²) in [7, 11) is 0. The minimum atomic E-state index is -0.485. The number of fused-ring (bicyclic) bond motifs is 1. The van der Waals surface area contributed by atoms with Crippen molar-refractivity contribution >= 4 is 5.69 Å². The van der Waals surface area contributed by atoms with Gasteiger partial charge in [0.15, 0.2) is 0 Å². The minimum absolute atomic E-state index is 0.0630. The average molecular weight is 285 g/mol. The standard InChI is InChI=1S/C15H15N3O3/c19-15-6-5-14(18(20)21)10-17(15)11-16-8-7-12-3-1-2-4-13(12)9-16/h1-6,10H,7-9,11H2. The Bertz CT molecular complexity index is 739. The van der Waals surface area contributed by atoms with E-state index in [-0.39, 0.29) is 11.2 Å². The molecule has 6 nitrogen and oxygen atoms in total. The second-order valence-corrected chi connectivity index (χ2v) is 5.17. The molecular formula is C15H15N3O3. The number of nitro groups is 1. The number of benzene rings is 1. The summed E-state index contributed by atoms with van der Waals surface area (Å²) in [5.41, 5.74) is 2.30. The molecule has 1 aromatic heterocycles. The van der Waals surface area contributed by atoms with Gasteiger partial charge >= 0.3 is 0 Å². The second-order valence-electron chi connectivity index (χ2n) is 5.17. The quantitative estimate of drug-likeness (QED) is 0.636. The summed E-state index contributed by atoms with van der Waals surface area (Å²) in [6.45, 7) is 1.96. The Labute approximate surface area is 121 Å². The number of rotatable bonds is 3. The smallest absolute Gasteiger partial charge is 0.285 e. The maximum Gasteiger partial charge on any atom is 0.285 e. The van der Waals surface area contributed by atoms with Crippen LogP contribution in [0.1, 0.15) is 11.1 Å². The minimum Gasteiger partial charge on any atom is -0.295 e. The summed E-state index contributed by atoms with van der Waals surface area (Å²) in [6.07, 6.45) is 2.24. The lowest BCUT2D eigenvalue weighted by Gasteiger charge is -2.28. The monoisotopic (exact) mass is 285 g/mol. The lowest BCUT2D eigenvalue weighted by atomic mass is 10.0. The van der Waals surface area contributed by atoms with Gasteiger partial charge in [-0.2, -0.15) is 0 Å². The van der Waals surface area contributed by atoms with E-state index in [1.54, 1.807) is 0 Å². The van der Waals surface area contributed by atoms with Crippen LogP contribution in [0.3, 0.4) is 0 Å². The number of nitrogens with zero attached hydrogens (tertiary/aromatic N) is 3. The van der Waals surface area contributed by atoms with Gasteiger partial charge in [-0.05, 0) is 17.5 Å². The highest BCUT2D eigenvalue weighted by atomic mass is 16.6. The van der Waals surface area contributed by atoms with E-state index in [9.17, 15) is 14.9 Å². The maximum absolute atomic E-state index is 11.8. The molecule has 108 valence electrons. The number of hydrogen-bond acceptors (Lipinski definition) is 4. The van der Waals surface area contributed by atoms with Crippen LogP contribution in [0.25, 0.3) is 0 Å². The lowest BCUT2D eigenvalue weighted by molar-refractivity contribution is -0.385. The molecule has 0 amide bonds. The van der Waals surface area contributed by atoms with Crippen molar-refractivity contribution in [3.8, 4) is 0 Å². The van der Waals surface area contributed by atoms with Gasteiger partial charge in [-0.1, -0.05) is 24.3 Å². The molecule has 0 N–H and O–H groups in total. The van der Waals surface area contributed by atoms with Gasteiger partial charge in [0, 0.05) is 25.2 Å². The third kappa shape index (κ3) is 2.85. The Morgan fingerprint density at radius 2 is 1.90 bits per heavy atom. The number of aromatic nitrogens is 1. The fourth-order valence-corrected chi connectivity index (χ4v) is 2.63. The summed E-state index contributed by atoms with van der Waals surface area (Å²) < 4.78 is 1.39. The Kier molecular flexibility index (Phi) is 3.53. The molecule has 0 atom stereocenters. The first-order chi connectivity index (χ1) is 10.1. The van der Waals surface area contributed by atoms with Gasteiger partial charge in [-0.25, -0.2) is 0 Å². The first-order valence-corrected chi connectivity index (χ1v) is 6.77. The van der Waals surface area contributed by atoms with E-state index in [2.05, 4.69) is 17.0 Å². The zero-order valence-electron chi connectivity index (χ0n) is 11.4. The molecule has 0 bridgehead atoms. The second kappa shape index (κ2) is 5.49. The van der Waals surface area contributed by atoms with Crippen LogP contribution in [-0.4, -0.2) is 20.9 Å². The molecule has 0 fully saturated rings. The topological polar surface area (TPSA) is 68.4 Å². The highest BCUT2D eigenvalue weighted by Crippen LogP contribution is 2.18. The van der Waals surface area contributed by atoms with Crippen LogP contribution in [0, 0.1) is 10.1 Å². The maximum atomic E-state index is 11.8. The van der Waals surface area contributed by atoms with Gasteiger partial charge < -0.3 is 0 Å². The van der Waals surface area contributed by atoms with Gasteiger partial charge in [0.2, 0.25) is 0 Å². The van der Waals surface area contributed by atoms with Gasteiger partial charge in [0.05, 0.1) is 17.8 Å². The fourth-order valence-electron chi connectivity index (χ4n) is 2.63. The molecule has 3 rings (SSSR count). The van der Waals surface area contributed by atoms with Crippen LogP contribution in [0.5, 0.6) is 0 Å². The number of hydrogen-bond donors (Lipinski definition) is 0. The summed E-state index contributed by atoms with van der Waals surface area (Å²) in [6, 6.07) is 10.7. The van der Waals surface area contributed by atoms with Gasteiger partial charge in [-0.15, -0.1) is 0 Å². The predicted octanol–water partition coefficient (Wildman–Crippen LogP) is 1.77. The van der Waals surface area contributed by atoms with Crippen molar-refractivity contribution in [1.29, 1.82) is 0 Å². The third-order valence-electron chi connectivity index (χ3n) is 3.74. The van der Waals surface area contributed by atoms with Gasteiger partial charge in [-0.3, -0.25) is 24.4 Å². The molecule has 2 aromatic rings. The number of pyridine rings is 1. The van der Waals surface area contributed by atoms with Crippen molar-refractivity contribution in [2.45, 2.75) is 19.6 Å². The fraction of sp³-hybridized carbons (Fsp3) is 0.267. The van der Waals surface area contributed by atoms with Crippen molar-refractivity contribution < 1.29 is 4.92 Å². The molecule has 0 saturated heterocycles. The van der Waals surface area contributed by atoms with E-state index in [4.69, 9.17) is 0 Å². The van der Waals surface area contributed by atoms with E-state index in [1.807, 2.05) is 12.1 Å². The zero-order valence-corrected chi connectivity index (χ0v) is 11.4. The van der Waals surface area contributed by atoms with Crippen molar-refractivity contribution in [2.24, 2.45) is 0 Å². The molecular weight excluding hydrogens is 270 g/mol. The van der Waals surface area contributed by atoms with Crippen LogP contribution in [0.4, 0.5) is 5.69 Å². The van der Waals surface area contributed by atoms with Crippen molar-refractivity contribution in [3.05, 3.63) is 74.2 Å². The highest BCUT2D eigenvalue weighted by Gasteiger charge is 2.17. The molecule has 21 heavy (non-hydrogen) atoms. The molecule has 0 unspecified atom stereocenters. The third-order valence-corrected chi connectivity index (χ3v) is 3.74. The first-order valence-electron chi connectivity index (χ1n) is 6.77. The van der Waals surface area contributed by atoms with E-state index in [1.165, 1.54) is 34.0 Å². The predicted molar refractivity (Wildman–Crippen MR) is 77.9 cm³/mol. The Hall–Kier alpha value is -2.47. The molecule has 1 aliphatic rings. The molecule has 1 aromatic carbocycles. The van der Waals surface area contributed by atoms with Crippen molar-refractivity contribution in [1.82, 2.24) is 9.47 Å². The molecule has 2 heterocycles. The van der Waals surface area contributed by atoms with E-state index >= 15 is 0 Å². The SMILES string of the molecule is O=c1ccc([N+](=O)[O-])cn1CN1CCc2ccccc2C1. The van der Waals surface area contributed by atoms with Crippen LogP contribution in [0.2, 0.25) is 0 Å². The molecule has 1 aliphatic heterocycles. The van der Waals surface area contributed by atoms with Crippen LogP contribution >= 0.6 is 0 Å². The Balaban J connectivity index is 1.81. The first kappa shape index (κ1) is 13.5. The van der Waals surface area contributed by atoms with Gasteiger partial charge in [0.25, 0.3) is 11.2 Å². The Morgan fingerprint density at radius 1 is 1.14 bits per heavy atom. The summed E-state index contributed by atoms with van der Waals surface area (Å²) in [5.74, 6) is 0. The molecule has 0 aliphatic carbocycles. The van der Waals surface area contributed by atoms with E-state index in [0.717, 1.165) is 19.5 Å². The lowest BCUT2D eigenvalue weighted by Crippen LogP contribution is -2.35. The Morgan fingerprint density at radius 3 is 2.67 bits per heavy atom. The zero-order chi connectivity index (χ0) is 14.8. The van der Waals surface area contributed by atoms with Crippen molar-refractivity contribution in [2.75, 3.05) is 6.54 Å². The van der Waals surface area contributed by atoms with E-state index in [0.29, 0.717) is 6.67 Å². The molecule has 0 spiro atoms. The van der Waals surface area contributed by atoms with Crippen LogP contribution < -0.4 is 5.56 Å². The highest BCUT2D eigenvalue weighted by molar-refractivity contribution is 5.29. The molecule has 0 saturated carbocycles. The van der Waals surface area contributed by atoms with Crippen molar-refractivity contribution in [3.63, 3.8) is 0 Å². The van der Waals surface area contributed by atoms with Crippen LogP contribution in [-0.2, 0) is 19.6 Å². The van der Waals surface area contributed by atoms with Crippen LogP contribution in [0.15, 0.2) is 47.4 Å². The summed E-state index contributed by atoms with van der Waals surface area (Å²) >= 11 is 0. The average Bonchev–Trinajstić information content (AvgIpc) is 2.49. The normalized spacial score (nSPS) is 14.7. The molecule has 6 heteroatoms. The van der Waals surface area contributed by atoms with Gasteiger partial charge in [0.1, 0.15) is 0 Å². The summed E-state index contributed by atoms with van der Waals surface area (Å²) in [5, 5.41) is 10.8. The summed E-state index contributed by atoms with van der Waals surface area (Å²) in [4.78, 5) is 24.3. The molecule has 0 radical (unpaired) electrons. The van der Waals surface area contributed by atoms with E-state index < -0.39 is 4.92 Å².